The summed E-state index contributed by atoms with van der Waals surface area (Å²) in [6.07, 6.45) is 2.35. The van der Waals surface area contributed by atoms with E-state index in [4.69, 9.17) is 10.00 Å². The molecule has 9 nitrogen and oxygen atoms in total. The summed E-state index contributed by atoms with van der Waals surface area (Å²) in [5.74, 6) is -1.89. The zero-order valence-corrected chi connectivity index (χ0v) is 23.2. The van der Waals surface area contributed by atoms with Crippen LogP contribution >= 0.6 is 0 Å². The molecule has 1 aromatic heterocycles. The number of hydrogen-bond donors (Lipinski definition) is 1. The average molecular weight is 549 g/mol. The Morgan fingerprint density at radius 1 is 1.23 bits per heavy atom. The number of benzene rings is 2. The number of carbonyl (C=O) groups is 2. The molecule has 1 saturated heterocycles. The van der Waals surface area contributed by atoms with Crippen molar-refractivity contribution < 1.29 is 23.8 Å². The minimum Gasteiger partial charge on any atom is -0.477 e. The fourth-order valence-corrected chi connectivity index (χ4v) is 5.11. The quantitative estimate of drug-likeness (QED) is 0.355. The van der Waals surface area contributed by atoms with Crippen molar-refractivity contribution in [1.82, 2.24) is 4.57 Å². The van der Waals surface area contributed by atoms with Crippen LogP contribution in [0.2, 0.25) is 0 Å². The summed E-state index contributed by atoms with van der Waals surface area (Å²) in [5.41, 5.74) is 2.33. The zero-order valence-electron chi connectivity index (χ0n) is 23.2. The van der Waals surface area contributed by atoms with E-state index >= 15 is 4.39 Å². The number of aromatic nitrogens is 1. The third kappa shape index (κ3) is 5.37. The first-order valence-corrected chi connectivity index (χ1v) is 13.4. The van der Waals surface area contributed by atoms with Crippen molar-refractivity contribution in [3.63, 3.8) is 0 Å². The van der Waals surface area contributed by atoms with E-state index in [2.05, 4.69) is 0 Å². The van der Waals surface area contributed by atoms with E-state index in [0.717, 1.165) is 30.4 Å². The minimum atomic E-state index is -1.34. The van der Waals surface area contributed by atoms with E-state index in [1.54, 1.807) is 16.7 Å². The number of carbonyl (C=O) groups excluding carboxylic acids is 1. The number of cyclic esters (lactones) is 1. The number of anilines is 2. The molecule has 10 heteroatoms. The highest BCUT2D eigenvalue weighted by atomic mass is 19.1. The van der Waals surface area contributed by atoms with Crippen molar-refractivity contribution in [2.45, 2.75) is 66.2 Å². The van der Waals surface area contributed by atoms with Crippen LogP contribution in [0.25, 0.3) is 10.9 Å². The van der Waals surface area contributed by atoms with Crippen molar-refractivity contribution in [3.8, 4) is 6.07 Å². The summed E-state index contributed by atoms with van der Waals surface area (Å²) in [7, 11) is 0. The number of pyridine rings is 1. The molecule has 1 fully saturated rings. The van der Waals surface area contributed by atoms with E-state index in [1.807, 2.05) is 43.9 Å². The standard InChI is InChI=1S/C30H33FN4O5/c1-5-7-11-34-17-23(29(37)38)28(36)26-19(4)27(31)25(13-24(26)34)33(10-6-2)15-20-8-9-21(12-18(20)3)35-16-22(14-32)40-30(35)39/h8-9,12-13,17,22H,5-7,10-11,15-16H2,1-4H3,(H,37,38). The number of carboxylic acid groups (broad SMARTS) is 1. The number of amides is 1. The van der Waals surface area contributed by atoms with Crippen molar-refractivity contribution in [2.24, 2.45) is 0 Å². The SMILES string of the molecule is CCCCn1cc(C(=O)O)c(=O)c2c(C)c(F)c(N(CCC)Cc3ccc(N4CC(C#N)OC4=O)cc3C)cc21. The molecule has 0 saturated carbocycles. The van der Waals surface area contributed by atoms with Gasteiger partial charge in [-0.1, -0.05) is 26.3 Å². The van der Waals surface area contributed by atoms with Crippen LogP contribution in [0.15, 0.2) is 35.3 Å². The van der Waals surface area contributed by atoms with Crippen LogP contribution in [0.3, 0.4) is 0 Å². The van der Waals surface area contributed by atoms with E-state index in [9.17, 15) is 19.5 Å². The monoisotopic (exact) mass is 548 g/mol. The van der Waals surface area contributed by atoms with Gasteiger partial charge in [0.15, 0.2) is 0 Å². The third-order valence-corrected chi connectivity index (χ3v) is 7.30. The molecular weight excluding hydrogens is 515 g/mol. The van der Waals surface area contributed by atoms with Crippen LogP contribution in [0, 0.1) is 31.0 Å². The average Bonchev–Trinajstić information content (AvgIpc) is 3.31. The van der Waals surface area contributed by atoms with Gasteiger partial charge in [-0.3, -0.25) is 9.69 Å². The highest BCUT2D eigenvalue weighted by Crippen LogP contribution is 2.32. The summed E-state index contributed by atoms with van der Waals surface area (Å²) in [5, 5.41) is 18.8. The molecule has 1 aliphatic rings. The van der Waals surface area contributed by atoms with Gasteiger partial charge in [0.2, 0.25) is 11.5 Å². The number of rotatable bonds is 10. The Bertz CT molecular complexity index is 1580. The molecule has 2 heterocycles. The lowest BCUT2D eigenvalue weighted by atomic mass is 10.0. The fourth-order valence-electron chi connectivity index (χ4n) is 5.11. The van der Waals surface area contributed by atoms with Crippen LogP contribution in [0.1, 0.15) is 60.2 Å². The highest BCUT2D eigenvalue weighted by molar-refractivity contribution is 5.95. The lowest BCUT2D eigenvalue weighted by molar-refractivity contribution is 0.0694. The van der Waals surface area contributed by atoms with Crippen LogP contribution in [-0.4, -0.2) is 40.9 Å². The zero-order chi connectivity index (χ0) is 29.1. The molecule has 0 radical (unpaired) electrons. The Kier molecular flexibility index (Phi) is 8.43. The number of unbranched alkanes of at least 4 members (excludes halogenated alkanes) is 1. The van der Waals surface area contributed by atoms with Crippen molar-refractivity contribution in [1.29, 1.82) is 5.26 Å². The molecule has 2 aromatic carbocycles. The normalized spacial score (nSPS) is 14.8. The lowest BCUT2D eigenvalue weighted by Crippen LogP contribution is -2.27. The molecular formula is C30H33FN4O5. The summed E-state index contributed by atoms with van der Waals surface area (Å²) in [6, 6.07) is 9.11. The number of aryl methyl sites for hydroxylation is 3. The second-order valence-electron chi connectivity index (χ2n) is 10.1. The Balaban J connectivity index is 1.77. The van der Waals surface area contributed by atoms with Gasteiger partial charge in [0, 0.05) is 37.1 Å². The van der Waals surface area contributed by atoms with Gasteiger partial charge in [0.1, 0.15) is 17.4 Å². The molecule has 1 amide bonds. The van der Waals surface area contributed by atoms with E-state index in [1.165, 1.54) is 18.0 Å². The summed E-state index contributed by atoms with van der Waals surface area (Å²) in [6.45, 7) is 9.01. The fraction of sp³-hybridized carbons (Fsp3) is 0.400. The highest BCUT2D eigenvalue weighted by Gasteiger charge is 2.32. The maximum Gasteiger partial charge on any atom is 0.415 e. The molecule has 0 spiro atoms. The van der Waals surface area contributed by atoms with Gasteiger partial charge in [-0.2, -0.15) is 5.26 Å². The smallest absolute Gasteiger partial charge is 0.415 e. The van der Waals surface area contributed by atoms with Crippen molar-refractivity contribution in [3.05, 3.63) is 68.8 Å². The molecule has 3 aromatic rings. The third-order valence-electron chi connectivity index (χ3n) is 7.30. The molecule has 0 aliphatic carbocycles. The van der Waals surface area contributed by atoms with E-state index < -0.39 is 29.4 Å². The van der Waals surface area contributed by atoms with Gasteiger partial charge in [-0.15, -0.1) is 0 Å². The van der Waals surface area contributed by atoms with Gasteiger partial charge >= 0.3 is 12.1 Å². The summed E-state index contributed by atoms with van der Waals surface area (Å²) < 4.78 is 22.8. The van der Waals surface area contributed by atoms with Crippen molar-refractivity contribution >= 4 is 34.3 Å². The topological polar surface area (TPSA) is 116 Å². The Labute approximate surface area is 232 Å². The first kappa shape index (κ1) is 28.6. The number of nitriles is 1. The van der Waals surface area contributed by atoms with Crippen molar-refractivity contribution in [2.75, 3.05) is 22.9 Å². The van der Waals surface area contributed by atoms with Gasteiger partial charge < -0.3 is 19.3 Å². The van der Waals surface area contributed by atoms with Gasteiger partial charge in [-0.25, -0.2) is 14.0 Å². The number of halogens is 1. The Morgan fingerprint density at radius 2 is 1.98 bits per heavy atom. The number of fused-ring (bicyclic) bond motifs is 1. The summed E-state index contributed by atoms with van der Waals surface area (Å²) in [4.78, 5) is 40.4. The van der Waals surface area contributed by atoms with E-state index in [-0.39, 0.29) is 23.1 Å². The van der Waals surface area contributed by atoms with Gasteiger partial charge in [-0.05, 0) is 56.0 Å². The lowest BCUT2D eigenvalue weighted by Gasteiger charge is -2.28. The van der Waals surface area contributed by atoms with Crippen LogP contribution in [-0.2, 0) is 17.8 Å². The molecule has 1 atom stereocenters. The van der Waals surface area contributed by atoms with Crippen LogP contribution in [0.4, 0.5) is 20.6 Å². The molecule has 1 N–H and O–H groups in total. The number of aromatic carboxylic acids is 1. The molecule has 0 bridgehead atoms. The Morgan fingerprint density at radius 3 is 2.58 bits per heavy atom. The maximum atomic E-state index is 16.0. The van der Waals surface area contributed by atoms with Crippen LogP contribution < -0.4 is 15.2 Å². The first-order chi connectivity index (χ1) is 19.1. The number of nitrogens with zero attached hydrogens (tertiary/aromatic N) is 4. The number of ether oxygens (including phenoxy) is 1. The molecule has 1 unspecified atom stereocenters. The predicted molar refractivity (Wildman–Crippen MR) is 151 cm³/mol. The molecule has 40 heavy (non-hydrogen) atoms. The van der Waals surface area contributed by atoms with Gasteiger partial charge in [0.25, 0.3) is 0 Å². The molecule has 210 valence electrons. The second kappa shape index (κ2) is 11.8. The minimum absolute atomic E-state index is 0.0856. The largest absolute Gasteiger partial charge is 0.477 e. The predicted octanol–water partition coefficient (Wildman–Crippen LogP) is 5.52. The Hall–Kier alpha value is -4.39. The van der Waals surface area contributed by atoms with Crippen LogP contribution in [0.5, 0.6) is 0 Å². The van der Waals surface area contributed by atoms with E-state index in [0.29, 0.717) is 36.5 Å². The molecule has 4 rings (SSSR count). The summed E-state index contributed by atoms with van der Waals surface area (Å²) >= 11 is 0. The van der Waals surface area contributed by atoms with Gasteiger partial charge in [0.05, 0.1) is 23.1 Å². The first-order valence-electron chi connectivity index (χ1n) is 13.4. The second-order valence-corrected chi connectivity index (χ2v) is 10.1. The maximum absolute atomic E-state index is 16.0. The number of hydrogen-bond acceptors (Lipinski definition) is 6. The molecule has 1 aliphatic heterocycles. The number of carboxylic acids is 1.